The molecule has 24 heavy (non-hydrogen) atoms. The highest BCUT2D eigenvalue weighted by Gasteiger charge is 2.29. The Morgan fingerprint density at radius 2 is 2.12 bits per heavy atom. The molecule has 1 aromatic heterocycles. The van der Waals surface area contributed by atoms with Gasteiger partial charge in [0.1, 0.15) is 12.7 Å². The summed E-state index contributed by atoms with van der Waals surface area (Å²) in [5.41, 5.74) is 1.24. The monoisotopic (exact) mass is 328 g/mol. The Morgan fingerprint density at radius 1 is 1.29 bits per heavy atom. The van der Waals surface area contributed by atoms with E-state index in [1.807, 2.05) is 18.2 Å². The number of β-amino-alcohol motifs (C(OH)–C–C–N with tert-alkyl or cyclic N) is 1. The number of nitrogens with zero attached hydrogens (tertiary/aromatic N) is 4. The van der Waals surface area contributed by atoms with Gasteiger partial charge in [0.15, 0.2) is 0 Å². The third-order valence-corrected chi connectivity index (χ3v) is 4.66. The normalized spacial score (nSPS) is 21.0. The maximum atomic E-state index is 12.3. The van der Waals surface area contributed by atoms with Crippen LogP contribution in [0.5, 0.6) is 0 Å². The van der Waals surface area contributed by atoms with Crippen LogP contribution in [-0.2, 0) is 17.8 Å². The van der Waals surface area contributed by atoms with Gasteiger partial charge in [0.2, 0.25) is 5.91 Å². The predicted molar refractivity (Wildman–Crippen MR) is 90.1 cm³/mol. The molecule has 1 aliphatic rings. The number of aliphatic hydroxyl groups excluding tert-OH is 1. The zero-order valence-corrected chi connectivity index (χ0v) is 13.8. The number of hydrogen-bond acceptors (Lipinski definition) is 4. The van der Waals surface area contributed by atoms with E-state index in [4.69, 9.17) is 0 Å². The van der Waals surface area contributed by atoms with Gasteiger partial charge >= 0.3 is 0 Å². The number of rotatable bonds is 6. The molecule has 0 spiro atoms. The minimum Gasteiger partial charge on any atom is -0.391 e. The summed E-state index contributed by atoms with van der Waals surface area (Å²) in [5.74, 6) is 0.346. The summed E-state index contributed by atoms with van der Waals surface area (Å²) in [6, 6.07) is 10.2. The molecule has 2 heterocycles. The SMILES string of the molecule is O=C(CCCn1cncn1)N1CC[C@H](Cc2ccccc2)[C@@H](O)C1. The second-order valence-electron chi connectivity index (χ2n) is 6.41. The summed E-state index contributed by atoms with van der Waals surface area (Å²) in [7, 11) is 0. The first-order valence-corrected chi connectivity index (χ1v) is 8.54. The van der Waals surface area contributed by atoms with E-state index in [1.54, 1.807) is 15.9 Å². The van der Waals surface area contributed by atoms with Gasteiger partial charge in [0.25, 0.3) is 0 Å². The van der Waals surface area contributed by atoms with E-state index in [0.717, 1.165) is 25.8 Å². The minimum absolute atomic E-state index is 0.118. The number of piperidine rings is 1. The van der Waals surface area contributed by atoms with Crippen molar-refractivity contribution in [2.45, 2.75) is 38.3 Å². The molecule has 6 heteroatoms. The maximum Gasteiger partial charge on any atom is 0.222 e. The lowest BCUT2D eigenvalue weighted by molar-refractivity contribution is -0.135. The first-order valence-electron chi connectivity index (χ1n) is 8.54. The highest BCUT2D eigenvalue weighted by Crippen LogP contribution is 2.23. The number of aromatic nitrogens is 3. The molecule has 0 saturated carbocycles. The van der Waals surface area contributed by atoms with E-state index >= 15 is 0 Å². The summed E-state index contributed by atoms with van der Waals surface area (Å²) in [5, 5.41) is 14.4. The molecule has 128 valence electrons. The molecule has 1 saturated heterocycles. The fourth-order valence-electron chi connectivity index (χ4n) is 3.26. The maximum absolute atomic E-state index is 12.3. The number of aliphatic hydroxyl groups is 1. The van der Waals surface area contributed by atoms with Crippen LogP contribution in [0.25, 0.3) is 0 Å². The van der Waals surface area contributed by atoms with Crippen LogP contribution in [0.15, 0.2) is 43.0 Å². The Hall–Kier alpha value is -2.21. The highest BCUT2D eigenvalue weighted by molar-refractivity contribution is 5.76. The van der Waals surface area contributed by atoms with Gasteiger partial charge < -0.3 is 10.0 Å². The fourth-order valence-corrected chi connectivity index (χ4v) is 3.26. The van der Waals surface area contributed by atoms with Crippen LogP contribution in [0.4, 0.5) is 0 Å². The van der Waals surface area contributed by atoms with Gasteiger partial charge in [-0.15, -0.1) is 0 Å². The number of amides is 1. The van der Waals surface area contributed by atoms with E-state index < -0.39 is 6.10 Å². The molecule has 0 aliphatic carbocycles. The Kier molecular flexibility index (Phi) is 5.59. The molecule has 1 amide bonds. The van der Waals surface area contributed by atoms with E-state index in [0.29, 0.717) is 19.5 Å². The van der Waals surface area contributed by atoms with Crippen molar-refractivity contribution >= 4 is 5.91 Å². The van der Waals surface area contributed by atoms with Gasteiger partial charge in [-0.3, -0.25) is 9.48 Å². The first-order chi connectivity index (χ1) is 11.7. The highest BCUT2D eigenvalue weighted by atomic mass is 16.3. The standard InChI is InChI=1S/C18H24N4O2/c23-17-12-21(18(24)7-4-9-22-14-19-13-20-22)10-8-16(17)11-15-5-2-1-3-6-15/h1-3,5-6,13-14,16-17,23H,4,7-12H2/t16-,17+/m1/s1. The lowest BCUT2D eigenvalue weighted by atomic mass is 9.88. The molecule has 3 rings (SSSR count). The van der Waals surface area contributed by atoms with Crippen molar-refractivity contribution in [3.8, 4) is 0 Å². The lowest BCUT2D eigenvalue weighted by Crippen LogP contribution is -2.47. The summed E-state index contributed by atoms with van der Waals surface area (Å²) < 4.78 is 1.73. The Labute approximate surface area is 142 Å². The van der Waals surface area contributed by atoms with E-state index in [2.05, 4.69) is 22.2 Å². The topological polar surface area (TPSA) is 71.2 Å². The zero-order chi connectivity index (χ0) is 16.8. The lowest BCUT2D eigenvalue weighted by Gasteiger charge is -2.36. The Bertz CT molecular complexity index is 630. The summed E-state index contributed by atoms with van der Waals surface area (Å²) in [4.78, 5) is 18.0. The van der Waals surface area contributed by atoms with Crippen molar-refractivity contribution < 1.29 is 9.90 Å². The van der Waals surface area contributed by atoms with Crippen molar-refractivity contribution in [1.82, 2.24) is 19.7 Å². The van der Waals surface area contributed by atoms with Gasteiger partial charge in [-0.05, 0) is 30.7 Å². The third kappa shape index (κ3) is 4.41. The molecule has 1 aromatic carbocycles. The number of likely N-dealkylation sites (tertiary alicyclic amines) is 1. The summed E-state index contributed by atoms with van der Waals surface area (Å²) >= 11 is 0. The number of benzene rings is 1. The van der Waals surface area contributed by atoms with Gasteiger partial charge in [0, 0.05) is 26.1 Å². The molecule has 0 bridgehead atoms. The van der Waals surface area contributed by atoms with E-state index in [1.165, 1.54) is 11.9 Å². The van der Waals surface area contributed by atoms with Gasteiger partial charge in [-0.1, -0.05) is 30.3 Å². The molecule has 0 radical (unpaired) electrons. The molecule has 0 unspecified atom stereocenters. The van der Waals surface area contributed by atoms with Crippen molar-refractivity contribution in [1.29, 1.82) is 0 Å². The van der Waals surface area contributed by atoms with Crippen LogP contribution in [0, 0.1) is 5.92 Å². The van der Waals surface area contributed by atoms with Crippen LogP contribution in [0.2, 0.25) is 0 Å². The number of carbonyl (C=O) groups excluding carboxylic acids is 1. The fraction of sp³-hybridized carbons (Fsp3) is 0.500. The molecule has 1 fully saturated rings. The third-order valence-electron chi connectivity index (χ3n) is 4.66. The second-order valence-corrected chi connectivity index (χ2v) is 6.41. The van der Waals surface area contributed by atoms with Crippen LogP contribution in [0.1, 0.15) is 24.8 Å². The van der Waals surface area contributed by atoms with Gasteiger partial charge in [-0.2, -0.15) is 5.10 Å². The number of aryl methyl sites for hydroxylation is 1. The van der Waals surface area contributed by atoms with Crippen LogP contribution in [-0.4, -0.2) is 49.9 Å². The quantitative estimate of drug-likeness (QED) is 0.872. The second kappa shape index (κ2) is 8.06. The van der Waals surface area contributed by atoms with Crippen LogP contribution in [0.3, 0.4) is 0 Å². The first kappa shape index (κ1) is 16.6. The minimum atomic E-state index is -0.446. The molecule has 2 atom stereocenters. The van der Waals surface area contributed by atoms with Crippen molar-refractivity contribution in [3.63, 3.8) is 0 Å². The van der Waals surface area contributed by atoms with E-state index in [9.17, 15) is 9.90 Å². The summed E-state index contributed by atoms with van der Waals surface area (Å²) in [6.45, 7) is 1.87. The summed E-state index contributed by atoms with van der Waals surface area (Å²) in [6.07, 6.45) is 5.65. The van der Waals surface area contributed by atoms with E-state index in [-0.39, 0.29) is 11.8 Å². The van der Waals surface area contributed by atoms with Gasteiger partial charge in [0.05, 0.1) is 6.10 Å². The van der Waals surface area contributed by atoms with Crippen molar-refractivity contribution in [2.24, 2.45) is 5.92 Å². The van der Waals surface area contributed by atoms with Crippen LogP contribution < -0.4 is 0 Å². The molecule has 1 N–H and O–H groups in total. The average molecular weight is 328 g/mol. The molecular weight excluding hydrogens is 304 g/mol. The Balaban J connectivity index is 1.43. The van der Waals surface area contributed by atoms with Crippen molar-refractivity contribution in [3.05, 3.63) is 48.5 Å². The largest absolute Gasteiger partial charge is 0.391 e. The van der Waals surface area contributed by atoms with Gasteiger partial charge in [-0.25, -0.2) is 4.98 Å². The Morgan fingerprint density at radius 3 is 2.83 bits per heavy atom. The number of hydrogen-bond donors (Lipinski definition) is 1. The van der Waals surface area contributed by atoms with Crippen LogP contribution >= 0.6 is 0 Å². The zero-order valence-electron chi connectivity index (χ0n) is 13.8. The molecule has 1 aliphatic heterocycles. The molecule has 6 nitrogen and oxygen atoms in total. The number of carbonyl (C=O) groups is 1. The smallest absolute Gasteiger partial charge is 0.222 e. The predicted octanol–water partition coefficient (Wildman–Crippen LogP) is 1.51. The molecule has 2 aromatic rings. The molecular formula is C18H24N4O2. The van der Waals surface area contributed by atoms with Crippen molar-refractivity contribution in [2.75, 3.05) is 13.1 Å². The average Bonchev–Trinajstić information content (AvgIpc) is 3.11.